The molecule has 0 aromatic carbocycles. The minimum absolute atomic E-state index is 0.0273. The molecule has 0 rings (SSSR count). The number of hydrogen-bond donors (Lipinski definition) is 1. The number of rotatable bonds is 3. The molecular weight excluding hydrogens is 149 g/mol. The van der Waals surface area contributed by atoms with E-state index in [0.717, 1.165) is 0 Å². The molecule has 0 heterocycles. The van der Waals surface area contributed by atoms with Gasteiger partial charge < -0.3 is 10.1 Å². The van der Waals surface area contributed by atoms with Crippen molar-refractivity contribution in [2.75, 3.05) is 13.8 Å². The SMILES string of the molecule is COCNC(=O)C(F)=C(C)C. The summed E-state index contributed by atoms with van der Waals surface area (Å²) >= 11 is 0. The van der Waals surface area contributed by atoms with E-state index in [-0.39, 0.29) is 6.73 Å². The standard InChI is InChI=1S/C7H12FNO2/c1-5(2)6(8)7(10)9-4-11-3/h4H2,1-3H3,(H,9,10). The van der Waals surface area contributed by atoms with Crippen LogP contribution in [0.2, 0.25) is 0 Å². The molecule has 0 saturated heterocycles. The summed E-state index contributed by atoms with van der Waals surface area (Å²) in [5, 5.41) is 2.22. The lowest BCUT2D eigenvalue weighted by Gasteiger charge is -2.01. The fourth-order valence-corrected chi connectivity index (χ4v) is 0.442. The molecule has 0 saturated carbocycles. The van der Waals surface area contributed by atoms with Crippen LogP contribution in [-0.4, -0.2) is 19.7 Å². The van der Waals surface area contributed by atoms with Crippen molar-refractivity contribution < 1.29 is 13.9 Å². The van der Waals surface area contributed by atoms with Crippen LogP contribution in [0.4, 0.5) is 4.39 Å². The summed E-state index contributed by atoms with van der Waals surface area (Å²) in [5.74, 6) is -1.48. The summed E-state index contributed by atoms with van der Waals surface area (Å²) in [7, 11) is 1.42. The topological polar surface area (TPSA) is 38.3 Å². The molecule has 0 bridgehead atoms. The van der Waals surface area contributed by atoms with E-state index < -0.39 is 11.7 Å². The smallest absolute Gasteiger partial charge is 0.281 e. The zero-order valence-corrected chi connectivity index (χ0v) is 6.90. The molecule has 1 N–H and O–H groups in total. The monoisotopic (exact) mass is 161 g/mol. The highest BCUT2D eigenvalue weighted by molar-refractivity contribution is 5.91. The fourth-order valence-electron chi connectivity index (χ4n) is 0.442. The number of carbonyl (C=O) groups excluding carboxylic acids is 1. The van der Waals surface area contributed by atoms with Crippen LogP contribution in [0.1, 0.15) is 13.8 Å². The lowest BCUT2D eigenvalue weighted by atomic mass is 10.3. The van der Waals surface area contributed by atoms with Crippen LogP contribution in [0.3, 0.4) is 0 Å². The first kappa shape index (κ1) is 10.1. The second kappa shape index (κ2) is 4.85. The Labute approximate surface area is 65.2 Å². The van der Waals surface area contributed by atoms with Crippen LogP contribution in [0.15, 0.2) is 11.4 Å². The summed E-state index contributed by atoms with van der Waals surface area (Å²) in [6.45, 7) is 3.09. The summed E-state index contributed by atoms with van der Waals surface area (Å²) in [4.78, 5) is 10.7. The van der Waals surface area contributed by atoms with Crippen molar-refractivity contribution in [3.8, 4) is 0 Å². The number of allylic oxidation sites excluding steroid dienone is 1. The third-order valence-electron chi connectivity index (χ3n) is 1.02. The van der Waals surface area contributed by atoms with Crippen molar-refractivity contribution in [1.82, 2.24) is 5.32 Å². The van der Waals surface area contributed by atoms with E-state index >= 15 is 0 Å². The number of carbonyl (C=O) groups is 1. The van der Waals surface area contributed by atoms with Crippen molar-refractivity contribution in [3.05, 3.63) is 11.4 Å². The number of hydrogen-bond acceptors (Lipinski definition) is 2. The minimum Gasteiger partial charge on any atom is -0.364 e. The molecular formula is C7H12FNO2. The van der Waals surface area contributed by atoms with Crippen LogP contribution in [-0.2, 0) is 9.53 Å². The Balaban J connectivity index is 3.95. The zero-order valence-electron chi connectivity index (χ0n) is 6.90. The molecule has 1 amide bonds. The average molecular weight is 161 g/mol. The largest absolute Gasteiger partial charge is 0.364 e. The molecule has 0 aliphatic rings. The van der Waals surface area contributed by atoms with Gasteiger partial charge in [0.15, 0.2) is 5.83 Å². The number of amides is 1. The highest BCUT2D eigenvalue weighted by Crippen LogP contribution is 2.03. The Morgan fingerprint density at radius 3 is 2.45 bits per heavy atom. The first-order valence-corrected chi connectivity index (χ1v) is 3.19. The Kier molecular flexibility index (Phi) is 4.45. The van der Waals surface area contributed by atoms with E-state index in [4.69, 9.17) is 0 Å². The van der Waals surface area contributed by atoms with E-state index in [1.54, 1.807) is 0 Å². The van der Waals surface area contributed by atoms with Crippen molar-refractivity contribution in [2.45, 2.75) is 13.8 Å². The fraction of sp³-hybridized carbons (Fsp3) is 0.571. The van der Waals surface area contributed by atoms with Gasteiger partial charge in [-0.2, -0.15) is 0 Å². The van der Waals surface area contributed by atoms with Gasteiger partial charge in [0.05, 0.1) is 0 Å². The lowest BCUT2D eigenvalue weighted by Crippen LogP contribution is -2.25. The van der Waals surface area contributed by atoms with Gasteiger partial charge in [-0.1, -0.05) is 0 Å². The predicted molar refractivity (Wildman–Crippen MR) is 39.5 cm³/mol. The number of halogens is 1. The van der Waals surface area contributed by atoms with Gasteiger partial charge in [-0.05, 0) is 19.4 Å². The van der Waals surface area contributed by atoms with Gasteiger partial charge in [-0.15, -0.1) is 0 Å². The van der Waals surface area contributed by atoms with Crippen LogP contribution in [0.25, 0.3) is 0 Å². The molecule has 0 radical (unpaired) electrons. The van der Waals surface area contributed by atoms with Gasteiger partial charge in [0, 0.05) is 7.11 Å². The molecule has 0 aromatic heterocycles. The van der Waals surface area contributed by atoms with Crippen molar-refractivity contribution in [3.63, 3.8) is 0 Å². The van der Waals surface area contributed by atoms with Gasteiger partial charge in [0.1, 0.15) is 6.73 Å². The van der Waals surface area contributed by atoms with Crippen LogP contribution in [0.5, 0.6) is 0 Å². The van der Waals surface area contributed by atoms with E-state index in [1.807, 2.05) is 0 Å². The molecule has 4 heteroatoms. The quantitative estimate of drug-likeness (QED) is 0.494. The Hall–Kier alpha value is -0.900. The summed E-state index contributed by atoms with van der Waals surface area (Å²) in [6.07, 6.45) is 0. The Morgan fingerprint density at radius 2 is 2.09 bits per heavy atom. The van der Waals surface area contributed by atoms with E-state index in [0.29, 0.717) is 5.57 Å². The van der Waals surface area contributed by atoms with Crippen LogP contribution >= 0.6 is 0 Å². The third-order valence-corrected chi connectivity index (χ3v) is 1.02. The second-order valence-electron chi connectivity index (χ2n) is 2.25. The minimum atomic E-state index is -0.748. The molecule has 0 spiro atoms. The van der Waals surface area contributed by atoms with Gasteiger partial charge in [0.2, 0.25) is 0 Å². The van der Waals surface area contributed by atoms with Crippen LogP contribution < -0.4 is 5.32 Å². The first-order valence-electron chi connectivity index (χ1n) is 3.19. The summed E-state index contributed by atoms with van der Waals surface area (Å²) in [6, 6.07) is 0. The van der Waals surface area contributed by atoms with E-state index in [2.05, 4.69) is 10.1 Å². The molecule has 0 aliphatic carbocycles. The lowest BCUT2D eigenvalue weighted by molar-refractivity contribution is -0.120. The van der Waals surface area contributed by atoms with Crippen molar-refractivity contribution in [1.29, 1.82) is 0 Å². The van der Waals surface area contributed by atoms with Crippen molar-refractivity contribution in [2.24, 2.45) is 0 Å². The maximum absolute atomic E-state index is 12.7. The van der Waals surface area contributed by atoms with Crippen molar-refractivity contribution >= 4 is 5.91 Å². The van der Waals surface area contributed by atoms with Gasteiger partial charge in [-0.25, -0.2) is 4.39 Å². The molecule has 0 fully saturated rings. The summed E-state index contributed by atoms with van der Waals surface area (Å²) < 4.78 is 17.2. The Morgan fingerprint density at radius 1 is 1.55 bits per heavy atom. The molecule has 0 aliphatic heterocycles. The van der Waals surface area contributed by atoms with Gasteiger partial charge in [0.25, 0.3) is 5.91 Å². The maximum Gasteiger partial charge on any atom is 0.281 e. The summed E-state index contributed by atoms with van der Waals surface area (Å²) in [5.41, 5.74) is 0.360. The molecule has 64 valence electrons. The first-order chi connectivity index (χ1) is 5.09. The van der Waals surface area contributed by atoms with Gasteiger partial charge >= 0.3 is 0 Å². The highest BCUT2D eigenvalue weighted by atomic mass is 19.1. The van der Waals surface area contributed by atoms with Gasteiger partial charge in [-0.3, -0.25) is 4.79 Å². The normalized spacial score (nSPS) is 9.09. The number of methoxy groups -OCH3 is 1. The maximum atomic E-state index is 12.7. The molecule has 3 nitrogen and oxygen atoms in total. The Bertz CT molecular complexity index is 173. The molecule has 0 unspecified atom stereocenters. The van der Waals surface area contributed by atoms with E-state index in [9.17, 15) is 9.18 Å². The number of nitrogens with one attached hydrogen (secondary N) is 1. The third kappa shape index (κ3) is 3.72. The zero-order chi connectivity index (χ0) is 8.85. The molecule has 11 heavy (non-hydrogen) atoms. The average Bonchev–Trinajstić information content (AvgIpc) is 1.98. The van der Waals surface area contributed by atoms with Crippen LogP contribution in [0, 0.1) is 0 Å². The second-order valence-corrected chi connectivity index (χ2v) is 2.25. The highest BCUT2D eigenvalue weighted by Gasteiger charge is 2.08. The molecule has 0 aromatic rings. The molecule has 0 atom stereocenters. The number of ether oxygens (including phenoxy) is 1. The van der Waals surface area contributed by atoms with E-state index in [1.165, 1.54) is 21.0 Å². The predicted octanol–water partition coefficient (Wildman–Crippen LogP) is 0.970.